The Labute approximate surface area is 141 Å². The van der Waals surface area contributed by atoms with Crippen LogP contribution in [0.4, 0.5) is 5.69 Å². The number of quaternary nitrogens is 1. The fraction of sp³-hybridized carbons (Fsp3) is 0.500. The summed E-state index contributed by atoms with van der Waals surface area (Å²) in [4.78, 5) is 5.94. The minimum absolute atomic E-state index is 0.640. The highest BCUT2D eigenvalue weighted by Crippen LogP contribution is 2.19. The molecule has 0 atom stereocenters. The van der Waals surface area contributed by atoms with Crippen LogP contribution in [0.2, 0.25) is 0 Å². The van der Waals surface area contributed by atoms with Crippen molar-refractivity contribution < 1.29 is 14.1 Å². The maximum Gasteiger partial charge on any atom is 0.192 e. The smallest absolute Gasteiger partial charge is 0.192 e. The van der Waals surface area contributed by atoms with E-state index < -0.39 is 0 Å². The van der Waals surface area contributed by atoms with Crippen molar-refractivity contribution in [3.8, 4) is 0 Å². The lowest BCUT2D eigenvalue weighted by Gasteiger charge is -2.23. The number of hydrogen-bond donors (Lipinski definition) is 3. The van der Waals surface area contributed by atoms with Crippen LogP contribution in [0.5, 0.6) is 0 Å². The molecule has 0 radical (unpaired) electrons. The van der Waals surface area contributed by atoms with Gasteiger partial charge in [-0.15, -0.1) is 0 Å². The highest BCUT2D eigenvalue weighted by atomic mass is 32.1. The predicted molar refractivity (Wildman–Crippen MR) is 94.0 cm³/mol. The molecule has 6 nitrogen and oxygen atoms in total. The van der Waals surface area contributed by atoms with Crippen molar-refractivity contribution in [1.82, 2.24) is 10.3 Å². The Morgan fingerprint density at radius 1 is 1.35 bits per heavy atom. The highest BCUT2D eigenvalue weighted by molar-refractivity contribution is 7.80. The second kappa shape index (κ2) is 7.72. The van der Waals surface area contributed by atoms with Crippen molar-refractivity contribution in [3.05, 3.63) is 24.1 Å². The van der Waals surface area contributed by atoms with E-state index in [0.717, 1.165) is 62.6 Å². The van der Waals surface area contributed by atoms with Crippen molar-refractivity contribution in [1.29, 1.82) is 0 Å². The van der Waals surface area contributed by atoms with E-state index in [2.05, 4.69) is 15.6 Å². The first-order valence-corrected chi connectivity index (χ1v) is 8.45. The van der Waals surface area contributed by atoms with E-state index in [-0.39, 0.29) is 0 Å². The first-order valence-electron chi connectivity index (χ1n) is 8.04. The summed E-state index contributed by atoms with van der Waals surface area (Å²) in [5.74, 6) is 0.670. The summed E-state index contributed by atoms with van der Waals surface area (Å²) in [7, 11) is 0. The second-order valence-corrected chi connectivity index (χ2v) is 6.17. The monoisotopic (exact) mass is 335 g/mol. The lowest BCUT2D eigenvalue weighted by molar-refractivity contribution is -0.908. The molecule has 0 amide bonds. The van der Waals surface area contributed by atoms with Crippen LogP contribution in [-0.4, -0.2) is 49.5 Å². The number of fused-ring (bicyclic) bond motifs is 1. The molecule has 23 heavy (non-hydrogen) atoms. The van der Waals surface area contributed by atoms with Crippen LogP contribution in [0.15, 0.2) is 22.6 Å². The number of ether oxygens (including phenoxy) is 1. The van der Waals surface area contributed by atoms with Gasteiger partial charge in [-0.25, -0.2) is 4.98 Å². The summed E-state index contributed by atoms with van der Waals surface area (Å²) < 4.78 is 10.8. The van der Waals surface area contributed by atoms with Crippen molar-refractivity contribution in [3.63, 3.8) is 0 Å². The quantitative estimate of drug-likeness (QED) is 0.553. The number of thiocarbonyl (C=S) groups is 1. The number of aromatic nitrogens is 1. The molecule has 1 aromatic carbocycles. The fourth-order valence-corrected chi connectivity index (χ4v) is 2.97. The van der Waals surface area contributed by atoms with Crippen molar-refractivity contribution in [2.45, 2.75) is 13.3 Å². The number of oxazole rings is 1. The first-order chi connectivity index (χ1) is 11.2. The summed E-state index contributed by atoms with van der Waals surface area (Å²) in [6.45, 7) is 7.86. The van der Waals surface area contributed by atoms with Crippen LogP contribution in [0.1, 0.15) is 12.3 Å². The maximum atomic E-state index is 5.47. The summed E-state index contributed by atoms with van der Waals surface area (Å²) >= 11 is 5.34. The van der Waals surface area contributed by atoms with E-state index >= 15 is 0 Å². The van der Waals surface area contributed by atoms with Gasteiger partial charge in [0.15, 0.2) is 16.6 Å². The zero-order valence-electron chi connectivity index (χ0n) is 13.4. The first kappa shape index (κ1) is 16.2. The third-order valence-electron chi connectivity index (χ3n) is 3.94. The van der Waals surface area contributed by atoms with Gasteiger partial charge in [0.05, 0.1) is 19.8 Å². The molecular weight excluding hydrogens is 312 g/mol. The third kappa shape index (κ3) is 4.63. The zero-order chi connectivity index (χ0) is 16.1. The van der Waals surface area contributed by atoms with Crippen LogP contribution in [-0.2, 0) is 4.74 Å². The number of hydrogen-bond acceptors (Lipinski definition) is 4. The Morgan fingerprint density at radius 2 is 2.17 bits per heavy atom. The molecule has 0 unspecified atom stereocenters. The molecule has 0 saturated carbocycles. The molecule has 3 rings (SSSR count). The van der Waals surface area contributed by atoms with Gasteiger partial charge in [-0.2, -0.15) is 0 Å². The third-order valence-corrected chi connectivity index (χ3v) is 4.19. The molecule has 0 bridgehead atoms. The number of benzene rings is 1. The van der Waals surface area contributed by atoms with Crippen LogP contribution in [0.3, 0.4) is 0 Å². The summed E-state index contributed by atoms with van der Waals surface area (Å²) in [5, 5.41) is 7.09. The van der Waals surface area contributed by atoms with Gasteiger partial charge in [-0.05, 0) is 30.4 Å². The van der Waals surface area contributed by atoms with Crippen LogP contribution < -0.4 is 15.5 Å². The molecule has 1 aromatic heterocycles. The molecule has 2 aromatic rings. The molecule has 7 heteroatoms. The lowest BCUT2D eigenvalue weighted by Crippen LogP contribution is -3.14. The highest BCUT2D eigenvalue weighted by Gasteiger charge is 2.12. The molecule has 1 saturated heterocycles. The number of aryl methyl sites for hydroxylation is 1. The number of morpholine rings is 1. The standard InChI is InChI=1S/C16H22N4O2S/c1-12-18-14-11-13(3-4-15(14)22-12)19-16(23)17-5-2-6-20-7-9-21-10-8-20/h3-4,11H,2,5-10H2,1H3,(H2,17,19,23)/p+1. The molecule has 1 fully saturated rings. The fourth-order valence-electron chi connectivity index (χ4n) is 2.75. The summed E-state index contributed by atoms with van der Waals surface area (Å²) in [6.07, 6.45) is 1.10. The van der Waals surface area contributed by atoms with Crippen LogP contribution >= 0.6 is 12.2 Å². The molecule has 2 heterocycles. The topological polar surface area (TPSA) is 63.8 Å². The minimum atomic E-state index is 0.640. The molecule has 1 aliphatic heterocycles. The van der Waals surface area contributed by atoms with E-state index in [1.54, 1.807) is 4.90 Å². The van der Waals surface area contributed by atoms with Gasteiger partial charge in [0.2, 0.25) is 0 Å². The number of nitrogens with zero attached hydrogens (tertiary/aromatic N) is 1. The Morgan fingerprint density at radius 3 is 3.00 bits per heavy atom. The largest absolute Gasteiger partial charge is 0.441 e. The molecule has 0 spiro atoms. The van der Waals surface area contributed by atoms with Gasteiger partial charge in [-0.1, -0.05) is 0 Å². The molecule has 0 aliphatic carbocycles. The van der Waals surface area contributed by atoms with Gasteiger partial charge >= 0.3 is 0 Å². The Bertz CT molecular complexity index is 667. The molecule has 124 valence electrons. The van der Waals surface area contributed by atoms with Crippen molar-refractivity contribution in [2.75, 3.05) is 44.7 Å². The van der Waals surface area contributed by atoms with Gasteiger partial charge < -0.3 is 24.7 Å². The van der Waals surface area contributed by atoms with Crippen LogP contribution in [0, 0.1) is 6.92 Å². The number of nitrogens with one attached hydrogen (secondary N) is 3. The van der Waals surface area contributed by atoms with E-state index in [1.807, 2.05) is 25.1 Å². The Hall–Kier alpha value is -1.70. The Balaban J connectivity index is 1.41. The SMILES string of the molecule is Cc1nc2cc(NC(=S)NCCC[NH+]3CCOCC3)ccc2o1. The van der Waals surface area contributed by atoms with E-state index in [1.165, 1.54) is 0 Å². The van der Waals surface area contributed by atoms with Gasteiger partial charge in [0.25, 0.3) is 0 Å². The average Bonchev–Trinajstić information content (AvgIpc) is 2.92. The predicted octanol–water partition coefficient (Wildman–Crippen LogP) is 0.728. The van der Waals surface area contributed by atoms with Crippen molar-refractivity contribution in [2.24, 2.45) is 0 Å². The van der Waals surface area contributed by atoms with E-state index in [4.69, 9.17) is 21.4 Å². The van der Waals surface area contributed by atoms with E-state index in [0.29, 0.717) is 11.0 Å². The van der Waals surface area contributed by atoms with Gasteiger partial charge in [0.1, 0.15) is 18.6 Å². The number of rotatable bonds is 5. The summed E-state index contributed by atoms with van der Waals surface area (Å²) in [5.41, 5.74) is 2.55. The normalized spacial score (nSPS) is 15.7. The van der Waals surface area contributed by atoms with Crippen LogP contribution in [0.25, 0.3) is 11.1 Å². The lowest BCUT2D eigenvalue weighted by atomic mass is 10.3. The average molecular weight is 335 g/mol. The van der Waals surface area contributed by atoms with Gasteiger partial charge in [-0.3, -0.25) is 0 Å². The molecule has 1 aliphatic rings. The second-order valence-electron chi connectivity index (χ2n) is 5.76. The summed E-state index contributed by atoms with van der Waals surface area (Å²) in [6, 6.07) is 5.79. The zero-order valence-corrected chi connectivity index (χ0v) is 14.2. The molecular formula is C16H23N4O2S+. The Kier molecular flexibility index (Phi) is 5.43. The molecule has 3 N–H and O–H groups in total. The maximum absolute atomic E-state index is 5.47. The van der Waals surface area contributed by atoms with E-state index in [9.17, 15) is 0 Å². The number of anilines is 1. The minimum Gasteiger partial charge on any atom is -0.441 e. The van der Waals surface area contributed by atoms with Crippen molar-refractivity contribution >= 4 is 34.1 Å². The van der Waals surface area contributed by atoms with Gasteiger partial charge in [0, 0.05) is 25.6 Å².